The Bertz CT molecular complexity index is 1350. The zero-order valence-corrected chi connectivity index (χ0v) is 20.9. The number of pyridine rings is 2. The van der Waals surface area contributed by atoms with E-state index in [0.717, 1.165) is 35.1 Å². The number of hydrogen-bond acceptors (Lipinski definition) is 10. The number of fused-ring (bicyclic) bond motifs is 1. The third kappa shape index (κ3) is 4.77. The number of cyclic esters (lactones) is 1. The summed E-state index contributed by atoms with van der Waals surface area (Å²) in [5.41, 5.74) is 3.37. The zero-order chi connectivity index (χ0) is 26.1. The van der Waals surface area contributed by atoms with Gasteiger partial charge in [0, 0.05) is 31.9 Å². The highest BCUT2D eigenvalue weighted by atomic mass is 16.6. The predicted molar refractivity (Wildman–Crippen MR) is 138 cm³/mol. The van der Waals surface area contributed by atoms with E-state index in [1.165, 1.54) is 11.2 Å². The molecule has 6 rings (SSSR count). The van der Waals surface area contributed by atoms with Crippen molar-refractivity contribution in [3.63, 3.8) is 0 Å². The number of rotatable bonds is 7. The predicted octanol–water partition coefficient (Wildman–Crippen LogP) is 2.56. The van der Waals surface area contributed by atoms with E-state index in [-0.39, 0.29) is 6.04 Å². The second-order valence-corrected chi connectivity index (χ2v) is 9.49. The average molecular weight is 520 g/mol. The number of anilines is 1. The molecular weight excluding hydrogens is 490 g/mol. The molecule has 0 aromatic carbocycles. The summed E-state index contributed by atoms with van der Waals surface area (Å²) in [4.78, 5) is 25.1. The zero-order valence-electron chi connectivity index (χ0n) is 20.9. The van der Waals surface area contributed by atoms with Gasteiger partial charge in [-0.2, -0.15) is 0 Å². The van der Waals surface area contributed by atoms with E-state index >= 15 is 0 Å². The minimum absolute atomic E-state index is 0.217. The summed E-state index contributed by atoms with van der Waals surface area (Å²) >= 11 is 0. The monoisotopic (exact) mass is 519 g/mol. The van der Waals surface area contributed by atoms with Crippen LogP contribution in [0.5, 0.6) is 5.88 Å². The Kier molecular flexibility index (Phi) is 6.61. The van der Waals surface area contributed by atoms with Gasteiger partial charge in [0.2, 0.25) is 11.8 Å². The normalized spacial score (nSPS) is 24.9. The first-order valence-electron chi connectivity index (χ1n) is 12.6. The number of aliphatic hydroxyl groups is 1. The van der Waals surface area contributed by atoms with Gasteiger partial charge in [0.1, 0.15) is 17.9 Å². The van der Waals surface area contributed by atoms with E-state index in [1.54, 1.807) is 25.6 Å². The molecule has 1 amide bonds. The topological polar surface area (TPSA) is 119 Å². The van der Waals surface area contributed by atoms with Crippen molar-refractivity contribution in [2.45, 2.75) is 31.1 Å². The smallest absolute Gasteiger partial charge is 0.417 e. The van der Waals surface area contributed by atoms with E-state index < -0.39 is 18.3 Å². The molecule has 0 radical (unpaired) electrons. The van der Waals surface area contributed by atoms with Crippen LogP contribution in [0.25, 0.3) is 11.0 Å². The molecule has 2 aromatic rings. The van der Waals surface area contributed by atoms with E-state index in [2.05, 4.69) is 26.3 Å². The summed E-state index contributed by atoms with van der Waals surface area (Å²) in [5, 5.41) is 14.2. The molecule has 0 spiro atoms. The number of methoxy groups -OCH3 is 1. The maximum Gasteiger partial charge on any atom is 0.417 e. The number of carbonyl (C=O) groups excluding carboxylic acids is 1. The lowest BCUT2D eigenvalue weighted by Gasteiger charge is -2.23. The Morgan fingerprint density at radius 3 is 2.97 bits per heavy atom. The molecule has 0 unspecified atom stereocenters. The van der Waals surface area contributed by atoms with Gasteiger partial charge in [0.05, 0.1) is 37.0 Å². The maximum atomic E-state index is 12.6. The number of allylic oxidation sites excluding steroid dienone is 4. The van der Waals surface area contributed by atoms with Gasteiger partial charge in [-0.3, -0.25) is 4.98 Å². The van der Waals surface area contributed by atoms with Crippen LogP contribution in [0.4, 0.5) is 10.5 Å². The standard InChI is InChI=1S/C27H29N5O6/c1-35-24-8-7-19-26(30-24)21(9-10-28-19)31-13-20(22(33)14-31)29-11-18-12-32(27(34)37-18)25-16-36-15-23(38-25)17-5-3-2-4-6-17/h2-3,5,7-10,15-16,18,20,22,29,33H,4,6,11-14H2,1H3/t18-,20-,22+/m1/s1. The summed E-state index contributed by atoms with van der Waals surface area (Å²) in [6, 6.07) is 5.32. The van der Waals surface area contributed by atoms with Gasteiger partial charge in [0.15, 0.2) is 12.0 Å². The molecule has 38 heavy (non-hydrogen) atoms. The van der Waals surface area contributed by atoms with Crippen LogP contribution in [0, 0.1) is 0 Å². The molecule has 2 aromatic heterocycles. The number of carbonyl (C=O) groups is 1. The molecule has 5 heterocycles. The quantitative estimate of drug-likeness (QED) is 0.565. The van der Waals surface area contributed by atoms with Crippen LogP contribution in [0.2, 0.25) is 0 Å². The van der Waals surface area contributed by atoms with Crippen LogP contribution in [-0.2, 0) is 14.2 Å². The number of amides is 1. The van der Waals surface area contributed by atoms with Crippen LogP contribution in [0.3, 0.4) is 0 Å². The van der Waals surface area contributed by atoms with Crippen molar-refractivity contribution in [1.29, 1.82) is 0 Å². The maximum absolute atomic E-state index is 12.6. The first kappa shape index (κ1) is 24.3. The van der Waals surface area contributed by atoms with Crippen LogP contribution in [0.15, 0.2) is 72.4 Å². The summed E-state index contributed by atoms with van der Waals surface area (Å²) < 4.78 is 22.3. The molecule has 198 valence electrons. The molecule has 3 aliphatic heterocycles. The number of ether oxygens (including phenoxy) is 4. The lowest BCUT2D eigenvalue weighted by molar-refractivity contribution is 0.114. The largest absolute Gasteiger partial charge is 0.481 e. The van der Waals surface area contributed by atoms with Gasteiger partial charge in [-0.05, 0) is 30.5 Å². The number of hydrogen-bond donors (Lipinski definition) is 2. The Morgan fingerprint density at radius 2 is 2.13 bits per heavy atom. The van der Waals surface area contributed by atoms with Crippen molar-refractivity contribution in [2.24, 2.45) is 0 Å². The van der Waals surface area contributed by atoms with Gasteiger partial charge in [0.25, 0.3) is 0 Å². The van der Waals surface area contributed by atoms with E-state index in [4.69, 9.17) is 18.9 Å². The molecular formula is C27H29N5O6. The van der Waals surface area contributed by atoms with Gasteiger partial charge in [-0.1, -0.05) is 18.2 Å². The first-order chi connectivity index (χ1) is 18.6. The highest BCUT2D eigenvalue weighted by Crippen LogP contribution is 2.31. The van der Waals surface area contributed by atoms with Gasteiger partial charge >= 0.3 is 6.09 Å². The minimum atomic E-state index is -0.611. The lowest BCUT2D eigenvalue weighted by Crippen LogP contribution is -2.43. The number of nitrogens with zero attached hydrogens (tertiary/aromatic N) is 4. The molecule has 2 fully saturated rings. The Morgan fingerprint density at radius 1 is 1.21 bits per heavy atom. The van der Waals surface area contributed by atoms with Crippen molar-refractivity contribution in [1.82, 2.24) is 20.2 Å². The molecule has 2 saturated heterocycles. The second-order valence-electron chi connectivity index (χ2n) is 9.49. The van der Waals surface area contributed by atoms with Crippen molar-refractivity contribution >= 4 is 22.8 Å². The highest BCUT2D eigenvalue weighted by Gasteiger charge is 2.38. The molecule has 3 atom stereocenters. The van der Waals surface area contributed by atoms with Crippen molar-refractivity contribution in [2.75, 3.05) is 38.2 Å². The fraction of sp³-hybridized carbons (Fsp3) is 0.370. The van der Waals surface area contributed by atoms with Crippen molar-refractivity contribution in [3.05, 3.63) is 72.4 Å². The highest BCUT2D eigenvalue weighted by molar-refractivity contribution is 5.88. The molecule has 0 saturated carbocycles. The number of aromatic nitrogens is 2. The first-order valence-corrected chi connectivity index (χ1v) is 12.6. The van der Waals surface area contributed by atoms with Gasteiger partial charge in [-0.25, -0.2) is 14.7 Å². The summed E-state index contributed by atoms with van der Waals surface area (Å²) in [6.07, 6.45) is 11.0. The van der Waals surface area contributed by atoms with Crippen molar-refractivity contribution < 1.29 is 28.8 Å². The Hall–Kier alpha value is -4.09. The molecule has 11 nitrogen and oxygen atoms in total. The van der Waals surface area contributed by atoms with Crippen molar-refractivity contribution in [3.8, 4) is 5.88 Å². The summed E-state index contributed by atoms with van der Waals surface area (Å²) in [5.74, 6) is 1.39. The van der Waals surface area contributed by atoms with Gasteiger partial charge < -0.3 is 34.3 Å². The second kappa shape index (κ2) is 10.3. The van der Waals surface area contributed by atoms with Crippen LogP contribution in [0.1, 0.15) is 12.8 Å². The fourth-order valence-electron chi connectivity index (χ4n) is 5.02. The summed E-state index contributed by atoms with van der Waals surface area (Å²) in [6.45, 7) is 1.68. The van der Waals surface area contributed by atoms with Gasteiger partial charge in [-0.15, -0.1) is 0 Å². The molecule has 4 aliphatic rings. The lowest BCUT2D eigenvalue weighted by atomic mass is 10.0. The number of aliphatic hydroxyl groups excluding tert-OH is 1. The average Bonchev–Trinajstić information content (AvgIpc) is 3.53. The van der Waals surface area contributed by atoms with Crippen LogP contribution < -0.4 is 15.0 Å². The number of β-amino-alcohol motifs (C(OH)–C–C–N with tert-alkyl or cyclic N) is 1. The molecule has 11 heteroatoms. The Balaban J connectivity index is 1.06. The third-order valence-corrected chi connectivity index (χ3v) is 7.01. The van der Waals surface area contributed by atoms with E-state index in [0.29, 0.717) is 43.7 Å². The Labute approximate surface area is 219 Å². The van der Waals surface area contributed by atoms with Crippen LogP contribution >= 0.6 is 0 Å². The SMILES string of the molecule is COc1ccc2nccc(N3C[C@H](O)[C@H](NC[C@@H]4CN(C5=COC=C(C6=CC=CCC6)O5)C(=O)O4)C3)c2n1. The third-order valence-electron chi connectivity index (χ3n) is 7.01. The molecule has 0 bridgehead atoms. The van der Waals surface area contributed by atoms with E-state index in [9.17, 15) is 9.90 Å². The molecule has 1 aliphatic carbocycles. The fourth-order valence-corrected chi connectivity index (χ4v) is 5.02. The summed E-state index contributed by atoms with van der Waals surface area (Å²) in [7, 11) is 1.58. The van der Waals surface area contributed by atoms with E-state index in [1.807, 2.05) is 24.3 Å². The minimum Gasteiger partial charge on any atom is -0.481 e. The molecule has 2 N–H and O–H groups in total. The van der Waals surface area contributed by atoms with Crippen LogP contribution in [-0.4, -0.2) is 77.6 Å². The number of nitrogens with one attached hydrogen (secondary N) is 1.